The van der Waals surface area contributed by atoms with Gasteiger partial charge >= 0.3 is 0 Å². The molecule has 7 heteroatoms. The summed E-state index contributed by atoms with van der Waals surface area (Å²) in [6.07, 6.45) is 1.33. The number of anilines is 1. The minimum atomic E-state index is -0.336. The van der Waals surface area contributed by atoms with Gasteiger partial charge in [-0.3, -0.25) is 4.79 Å². The van der Waals surface area contributed by atoms with Gasteiger partial charge in [0.15, 0.2) is 5.78 Å². The maximum absolute atomic E-state index is 13.1. The molecule has 0 fully saturated rings. The van der Waals surface area contributed by atoms with Gasteiger partial charge in [-0.05, 0) is 23.7 Å². The van der Waals surface area contributed by atoms with Crippen molar-refractivity contribution in [3.8, 4) is 0 Å². The standard InChI is InChI=1S/C19H21ClN4OS/c1-4-26-18-22-17-21-13-9-19(2,3)10-14(25)15(13)16(24(17)23-18)11-7-5-6-8-12(11)20/h5-8,16H,4,9-10H2,1-3H3,(H,21,22,23). The number of aromatic nitrogens is 3. The van der Waals surface area contributed by atoms with Crippen LogP contribution in [-0.2, 0) is 4.79 Å². The number of fused-ring (bicyclic) bond motifs is 1. The lowest BCUT2D eigenvalue weighted by molar-refractivity contribution is -0.118. The molecule has 0 bridgehead atoms. The average Bonchev–Trinajstić information content (AvgIpc) is 2.95. The van der Waals surface area contributed by atoms with Gasteiger partial charge in [0.05, 0.1) is 0 Å². The van der Waals surface area contributed by atoms with Crippen molar-refractivity contribution in [2.24, 2.45) is 5.41 Å². The minimum Gasteiger partial charge on any atom is -0.328 e. The third-order valence-electron chi connectivity index (χ3n) is 4.79. The molecule has 1 atom stereocenters. The van der Waals surface area contributed by atoms with E-state index in [4.69, 9.17) is 11.6 Å². The zero-order valence-corrected chi connectivity index (χ0v) is 16.6. The molecule has 0 radical (unpaired) electrons. The van der Waals surface area contributed by atoms with Crippen LogP contribution in [0, 0.1) is 5.41 Å². The molecule has 136 valence electrons. The number of carbonyl (C=O) groups excluding carboxylic acids is 1. The Morgan fingerprint density at radius 2 is 2.12 bits per heavy atom. The second-order valence-corrected chi connectivity index (χ2v) is 9.12. The van der Waals surface area contributed by atoms with Crippen molar-refractivity contribution in [3.05, 3.63) is 46.1 Å². The number of carbonyl (C=O) groups is 1. The summed E-state index contributed by atoms with van der Waals surface area (Å²) in [7, 11) is 0. The number of halogens is 1. The van der Waals surface area contributed by atoms with Gasteiger partial charge in [0, 0.05) is 28.3 Å². The number of rotatable bonds is 3. The van der Waals surface area contributed by atoms with Crippen LogP contribution in [-0.4, -0.2) is 26.3 Å². The third kappa shape index (κ3) is 2.95. The highest BCUT2D eigenvalue weighted by Crippen LogP contribution is 2.46. The van der Waals surface area contributed by atoms with Crippen LogP contribution in [0.5, 0.6) is 0 Å². The topological polar surface area (TPSA) is 59.8 Å². The number of hydrogen-bond acceptors (Lipinski definition) is 5. The fourth-order valence-corrected chi connectivity index (χ4v) is 4.56. The summed E-state index contributed by atoms with van der Waals surface area (Å²) in [6.45, 7) is 6.32. The molecule has 1 N–H and O–H groups in total. The molecule has 1 aliphatic carbocycles. The van der Waals surface area contributed by atoms with E-state index in [0.29, 0.717) is 22.5 Å². The smallest absolute Gasteiger partial charge is 0.227 e. The Labute approximate surface area is 162 Å². The average molecular weight is 389 g/mol. The molecule has 4 rings (SSSR count). The van der Waals surface area contributed by atoms with E-state index < -0.39 is 0 Å². The highest BCUT2D eigenvalue weighted by molar-refractivity contribution is 7.99. The summed E-state index contributed by atoms with van der Waals surface area (Å²) in [4.78, 5) is 17.7. The molecular formula is C19H21ClN4OS. The second-order valence-electron chi connectivity index (χ2n) is 7.48. The highest BCUT2D eigenvalue weighted by atomic mass is 35.5. The summed E-state index contributed by atoms with van der Waals surface area (Å²) in [5.41, 5.74) is 2.53. The molecule has 2 aliphatic rings. The number of ketones is 1. The Balaban J connectivity index is 1.91. The lowest BCUT2D eigenvalue weighted by atomic mass is 9.73. The summed E-state index contributed by atoms with van der Waals surface area (Å²) in [5.74, 6) is 1.72. The number of Topliss-reactive ketones (excluding diaryl/α,β-unsaturated/α-hetero) is 1. The van der Waals surface area contributed by atoms with Crippen molar-refractivity contribution in [2.45, 2.75) is 44.8 Å². The summed E-state index contributed by atoms with van der Waals surface area (Å²) >= 11 is 8.09. The van der Waals surface area contributed by atoms with Crippen LogP contribution in [0.4, 0.5) is 5.95 Å². The molecule has 0 amide bonds. The number of allylic oxidation sites excluding steroid dienone is 2. The van der Waals surface area contributed by atoms with Gasteiger partial charge in [0.25, 0.3) is 0 Å². The second kappa shape index (κ2) is 6.43. The van der Waals surface area contributed by atoms with Crippen molar-refractivity contribution in [2.75, 3.05) is 11.1 Å². The van der Waals surface area contributed by atoms with E-state index in [9.17, 15) is 4.79 Å². The number of nitrogens with zero attached hydrogens (tertiary/aromatic N) is 3. The zero-order valence-electron chi connectivity index (χ0n) is 15.0. The highest BCUT2D eigenvalue weighted by Gasteiger charge is 2.42. The molecule has 1 aromatic heterocycles. The Kier molecular flexibility index (Phi) is 4.35. The van der Waals surface area contributed by atoms with Crippen molar-refractivity contribution in [1.29, 1.82) is 0 Å². The Bertz CT molecular complexity index is 918. The van der Waals surface area contributed by atoms with Crippen LogP contribution >= 0.6 is 23.4 Å². The maximum Gasteiger partial charge on any atom is 0.227 e. The van der Waals surface area contributed by atoms with Crippen molar-refractivity contribution >= 4 is 35.1 Å². The number of nitrogens with one attached hydrogen (secondary N) is 1. The SMILES string of the molecule is CCSc1nc2n(n1)C(c1ccccc1Cl)C1=C(CC(C)(C)CC1=O)N2. The Morgan fingerprint density at radius 1 is 1.35 bits per heavy atom. The third-order valence-corrected chi connectivity index (χ3v) is 5.85. The van der Waals surface area contributed by atoms with E-state index in [0.717, 1.165) is 29.0 Å². The predicted molar refractivity (Wildman–Crippen MR) is 105 cm³/mol. The van der Waals surface area contributed by atoms with Gasteiger partial charge in [-0.15, -0.1) is 5.10 Å². The summed E-state index contributed by atoms with van der Waals surface area (Å²) < 4.78 is 1.81. The largest absolute Gasteiger partial charge is 0.328 e. The fraction of sp³-hybridized carbons (Fsp3) is 0.421. The minimum absolute atomic E-state index is 0.0723. The van der Waals surface area contributed by atoms with Crippen LogP contribution < -0.4 is 5.32 Å². The molecule has 1 aromatic carbocycles. The van der Waals surface area contributed by atoms with Crippen LogP contribution in [0.1, 0.15) is 45.2 Å². The van der Waals surface area contributed by atoms with Crippen molar-refractivity contribution < 1.29 is 4.79 Å². The Hall–Kier alpha value is -1.79. The molecule has 0 saturated heterocycles. The van der Waals surface area contributed by atoms with Gasteiger partial charge in [-0.1, -0.05) is 62.3 Å². The molecular weight excluding hydrogens is 368 g/mol. The molecule has 5 nitrogen and oxygen atoms in total. The molecule has 2 heterocycles. The van der Waals surface area contributed by atoms with Gasteiger partial charge < -0.3 is 5.32 Å². The van der Waals surface area contributed by atoms with Crippen LogP contribution in [0.15, 0.2) is 40.7 Å². The molecule has 26 heavy (non-hydrogen) atoms. The molecule has 1 aliphatic heterocycles. The van der Waals surface area contributed by atoms with Gasteiger partial charge in [-0.25, -0.2) is 4.68 Å². The predicted octanol–water partition coefficient (Wildman–Crippen LogP) is 4.70. The normalized spacial score (nSPS) is 21.2. The van der Waals surface area contributed by atoms with Crippen LogP contribution in [0.25, 0.3) is 0 Å². The first-order valence-electron chi connectivity index (χ1n) is 8.76. The fourth-order valence-electron chi connectivity index (χ4n) is 3.76. The lowest BCUT2D eigenvalue weighted by Crippen LogP contribution is -2.36. The van der Waals surface area contributed by atoms with E-state index in [1.54, 1.807) is 11.8 Å². The lowest BCUT2D eigenvalue weighted by Gasteiger charge is -2.38. The van der Waals surface area contributed by atoms with Gasteiger partial charge in [0.1, 0.15) is 6.04 Å². The summed E-state index contributed by atoms with van der Waals surface area (Å²) in [5, 5.41) is 9.38. The number of hydrogen-bond donors (Lipinski definition) is 1. The van der Waals surface area contributed by atoms with Gasteiger partial charge in [-0.2, -0.15) is 4.98 Å². The van der Waals surface area contributed by atoms with E-state index in [2.05, 4.69) is 36.2 Å². The first-order chi connectivity index (χ1) is 12.4. The maximum atomic E-state index is 13.1. The number of thioether (sulfide) groups is 1. The van der Waals surface area contributed by atoms with E-state index in [1.165, 1.54) is 0 Å². The van der Waals surface area contributed by atoms with Crippen molar-refractivity contribution in [1.82, 2.24) is 14.8 Å². The first kappa shape index (κ1) is 17.6. The first-order valence-corrected chi connectivity index (χ1v) is 10.1. The number of benzene rings is 1. The molecule has 0 saturated carbocycles. The zero-order chi connectivity index (χ0) is 18.5. The molecule has 2 aromatic rings. The summed E-state index contributed by atoms with van der Waals surface area (Å²) in [6, 6.07) is 7.33. The molecule has 0 spiro atoms. The van der Waals surface area contributed by atoms with Crippen LogP contribution in [0.3, 0.4) is 0 Å². The van der Waals surface area contributed by atoms with Crippen LogP contribution in [0.2, 0.25) is 5.02 Å². The van der Waals surface area contributed by atoms with Crippen molar-refractivity contribution in [3.63, 3.8) is 0 Å². The Morgan fingerprint density at radius 3 is 2.85 bits per heavy atom. The quantitative estimate of drug-likeness (QED) is 0.772. The van der Waals surface area contributed by atoms with E-state index in [-0.39, 0.29) is 17.2 Å². The van der Waals surface area contributed by atoms with Gasteiger partial charge in [0.2, 0.25) is 11.1 Å². The van der Waals surface area contributed by atoms with E-state index in [1.807, 2.05) is 28.9 Å². The molecule has 1 unspecified atom stereocenters. The van der Waals surface area contributed by atoms with E-state index >= 15 is 0 Å². The monoisotopic (exact) mass is 388 g/mol.